The summed E-state index contributed by atoms with van der Waals surface area (Å²) in [6, 6.07) is 14.4. The van der Waals surface area contributed by atoms with Gasteiger partial charge in [0.25, 0.3) is 11.6 Å². The maximum Gasteiger partial charge on any atom is 0.341 e. The maximum absolute atomic E-state index is 12.7. The number of non-ortho nitro benzene ring substituents is 1. The Labute approximate surface area is 179 Å². The number of rotatable bonds is 11. The average molecular weight is 426 g/mol. The van der Waals surface area contributed by atoms with Gasteiger partial charge in [0.15, 0.2) is 6.61 Å². The van der Waals surface area contributed by atoms with E-state index in [1.807, 2.05) is 6.07 Å². The van der Waals surface area contributed by atoms with Crippen LogP contribution in [0.3, 0.4) is 0 Å². The second kappa shape index (κ2) is 11.9. The fourth-order valence-corrected chi connectivity index (χ4v) is 2.71. The molecular weight excluding hydrogens is 404 g/mol. The van der Waals surface area contributed by atoms with Gasteiger partial charge in [0.1, 0.15) is 0 Å². The molecule has 0 saturated heterocycles. The van der Waals surface area contributed by atoms with E-state index in [9.17, 15) is 19.7 Å². The van der Waals surface area contributed by atoms with Crippen molar-refractivity contribution in [2.45, 2.75) is 6.42 Å². The van der Waals surface area contributed by atoms with Gasteiger partial charge in [-0.15, -0.1) is 0 Å². The lowest BCUT2D eigenvalue weighted by atomic mass is 10.1. The molecule has 162 valence electrons. The first kappa shape index (κ1) is 23.3. The minimum absolute atomic E-state index is 0.0682. The molecule has 10 nitrogen and oxygen atoms in total. The van der Waals surface area contributed by atoms with Gasteiger partial charge < -0.3 is 19.7 Å². The second-order valence-electron chi connectivity index (χ2n) is 6.27. The summed E-state index contributed by atoms with van der Waals surface area (Å²) in [4.78, 5) is 37.1. The van der Waals surface area contributed by atoms with Crippen LogP contribution in [0.15, 0.2) is 48.5 Å². The number of nitriles is 1. The van der Waals surface area contributed by atoms with Crippen molar-refractivity contribution in [2.24, 2.45) is 0 Å². The Balaban J connectivity index is 2.15. The van der Waals surface area contributed by atoms with Crippen molar-refractivity contribution in [3.05, 3.63) is 64.2 Å². The van der Waals surface area contributed by atoms with E-state index in [2.05, 4.69) is 5.32 Å². The molecule has 0 spiro atoms. The summed E-state index contributed by atoms with van der Waals surface area (Å²) in [5.41, 5.74) is 0.539. The van der Waals surface area contributed by atoms with E-state index >= 15 is 0 Å². The number of para-hydroxylation sites is 1. The first-order valence-electron chi connectivity index (χ1n) is 9.38. The van der Waals surface area contributed by atoms with E-state index in [0.717, 1.165) is 6.07 Å². The molecule has 0 heterocycles. The Bertz CT molecular complexity index is 958. The molecule has 0 aromatic heterocycles. The molecule has 0 radical (unpaired) electrons. The maximum atomic E-state index is 12.7. The Morgan fingerprint density at radius 3 is 2.61 bits per heavy atom. The number of methoxy groups -OCH3 is 1. The van der Waals surface area contributed by atoms with E-state index in [1.54, 1.807) is 30.3 Å². The van der Waals surface area contributed by atoms with Crippen molar-refractivity contribution in [3.8, 4) is 6.07 Å². The highest BCUT2D eigenvalue weighted by atomic mass is 16.6. The van der Waals surface area contributed by atoms with Gasteiger partial charge in [-0.3, -0.25) is 14.9 Å². The van der Waals surface area contributed by atoms with Crippen molar-refractivity contribution in [3.63, 3.8) is 0 Å². The van der Waals surface area contributed by atoms with Gasteiger partial charge in [-0.05, 0) is 18.2 Å². The number of carbonyl (C=O) groups is 2. The summed E-state index contributed by atoms with van der Waals surface area (Å²) >= 11 is 0. The van der Waals surface area contributed by atoms with Crippen molar-refractivity contribution >= 4 is 28.9 Å². The summed E-state index contributed by atoms with van der Waals surface area (Å²) in [7, 11) is 1.52. The van der Waals surface area contributed by atoms with Crippen molar-refractivity contribution in [1.82, 2.24) is 0 Å². The highest BCUT2D eigenvalue weighted by Crippen LogP contribution is 2.23. The van der Waals surface area contributed by atoms with Gasteiger partial charge >= 0.3 is 5.97 Å². The minimum atomic E-state index is -0.884. The van der Waals surface area contributed by atoms with Crippen LogP contribution in [0.4, 0.5) is 17.1 Å². The number of benzene rings is 2. The highest BCUT2D eigenvalue weighted by Gasteiger charge is 2.21. The summed E-state index contributed by atoms with van der Waals surface area (Å²) in [5, 5.41) is 22.9. The van der Waals surface area contributed by atoms with Gasteiger partial charge in [0.05, 0.1) is 29.6 Å². The van der Waals surface area contributed by atoms with Crippen LogP contribution < -0.4 is 10.2 Å². The summed E-state index contributed by atoms with van der Waals surface area (Å²) in [6.45, 7) is 0.273. The zero-order chi connectivity index (χ0) is 22.6. The molecule has 0 unspecified atom stereocenters. The summed E-state index contributed by atoms with van der Waals surface area (Å²) in [6.07, 6.45) is 0.104. The number of amides is 1. The van der Waals surface area contributed by atoms with Crippen LogP contribution in [0.1, 0.15) is 16.8 Å². The van der Waals surface area contributed by atoms with Crippen LogP contribution in [0.25, 0.3) is 0 Å². The molecule has 2 rings (SSSR count). The largest absolute Gasteiger partial charge is 0.452 e. The van der Waals surface area contributed by atoms with Gasteiger partial charge in [-0.1, -0.05) is 18.2 Å². The van der Waals surface area contributed by atoms with E-state index in [1.165, 1.54) is 24.1 Å². The molecule has 2 aromatic carbocycles. The zero-order valence-corrected chi connectivity index (χ0v) is 16.9. The molecule has 0 aliphatic heterocycles. The number of hydrogen-bond acceptors (Lipinski definition) is 8. The topological polar surface area (TPSA) is 135 Å². The van der Waals surface area contributed by atoms with Crippen LogP contribution >= 0.6 is 0 Å². The second-order valence-corrected chi connectivity index (χ2v) is 6.27. The standard InChI is InChI=1S/C21H22N4O6/c1-30-13-11-23-19-9-8-17(25(28)29)14-18(19)21(27)31-15-20(26)24(12-5-10-22)16-6-3-2-4-7-16/h2-4,6-9,14,23H,5,11-13,15H2,1H3. The van der Waals surface area contributed by atoms with Crippen molar-refractivity contribution in [2.75, 3.05) is 43.6 Å². The van der Waals surface area contributed by atoms with E-state index < -0.39 is 23.4 Å². The van der Waals surface area contributed by atoms with Gasteiger partial charge in [0, 0.05) is 43.7 Å². The summed E-state index contributed by atoms with van der Waals surface area (Å²) < 4.78 is 10.1. The van der Waals surface area contributed by atoms with Crippen LogP contribution in [0, 0.1) is 21.4 Å². The Kier molecular flexibility index (Phi) is 8.94. The number of nitro groups is 1. The van der Waals surface area contributed by atoms with E-state index in [-0.39, 0.29) is 24.2 Å². The molecule has 10 heteroatoms. The average Bonchev–Trinajstić information content (AvgIpc) is 2.78. The molecule has 0 atom stereocenters. The van der Waals surface area contributed by atoms with Gasteiger partial charge in [-0.25, -0.2) is 4.79 Å². The van der Waals surface area contributed by atoms with Crippen LogP contribution in [0.2, 0.25) is 0 Å². The molecule has 1 amide bonds. The third-order valence-electron chi connectivity index (χ3n) is 4.20. The molecule has 0 aliphatic rings. The number of anilines is 2. The first-order valence-corrected chi connectivity index (χ1v) is 9.38. The fraction of sp³-hybridized carbons (Fsp3) is 0.286. The first-order chi connectivity index (χ1) is 15.0. The van der Waals surface area contributed by atoms with E-state index in [4.69, 9.17) is 14.7 Å². The predicted octanol–water partition coefficient (Wildman–Crippen LogP) is 2.76. The molecule has 2 aromatic rings. The molecule has 1 N–H and O–H groups in total. The molecule has 0 bridgehead atoms. The van der Waals surface area contributed by atoms with Crippen molar-refractivity contribution < 1.29 is 24.0 Å². The van der Waals surface area contributed by atoms with E-state index in [0.29, 0.717) is 24.5 Å². The molecule has 0 aliphatic carbocycles. The van der Waals surface area contributed by atoms with Crippen LogP contribution in [-0.4, -0.2) is 50.2 Å². The Hall–Kier alpha value is -3.97. The normalized spacial score (nSPS) is 10.1. The lowest BCUT2D eigenvalue weighted by molar-refractivity contribution is -0.384. The molecule has 0 saturated carbocycles. The van der Waals surface area contributed by atoms with Gasteiger partial charge in [0.2, 0.25) is 0 Å². The van der Waals surface area contributed by atoms with Crippen LogP contribution in [-0.2, 0) is 14.3 Å². The summed E-state index contributed by atoms with van der Waals surface area (Å²) in [5.74, 6) is -1.40. The number of nitrogens with zero attached hydrogens (tertiary/aromatic N) is 3. The highest BCUT2D eigenvalue weighted by molar-refractivity contribution is 5.99. The zero-order valence-electron chi connectivity index (χ0n) is 16.9. The Morgan fingerprint density at radius 1 is 1.23 bits per heavy atom. The van der Waals surface area contributed by atoms with Gasteiger partial charge in [-0.2, -0.15) is 5.26 Å². The predicted molar refractivity (Wildman–Crippen MR) is 113 cm³/mol. The minimum Gasteiger partial charge on any atom is -0.452 e. The monoisotopic (exact) mass is 426 g/mol. The quantitative estimate of drug-likeness (QED) is 0.251. The number of nitro benzene ring substituents is 1. The smallest absolute Gasteiger partial charge is 0.341 e. The lowest BCUT2D eigenvalue weighted by Crippen LogP contribution is -2.35. The number of nitrogens with one attached hydrogen (secondary N) is 1. The van der Waals surface area contributed by atoms with Crippen molar-refractivity contribution in [1.29, 1.82) is 5.26 Å². The Morgan fingerprint density at radius 2 is 1.97 bits per heavy atom. The molecule has 31 heavy (non-hydrogen) atoms. The number of hydrogen-bond donors (Lipinski definition) is 1. The SMILES string of the molecule is COCCNc1ccc([N+](=O)[O-])cc1C(=O)OCC(=O)N(CCC#N)c1ccccc1. The third-order valence-corrected chi connectivity index (χ3v) is 4.20. The number of esters is 1. The lowest BCUT2D eigenvalue weighted by Gasteiger charge is -2.21. The third kappa shape index (κ3) is 6.80. The molecule has 0 fully saturated rings. The number of carbonyl (C=O) groups excluding carboxylic acids is 2. The fourth-order valence-electron chi connectivity index (χ4n) is 2.71. The van der Waals surface area contributed by atoms with Crippen LogP contribution in [0.5, 0.6) is 0 Å². The molecular formula is C21H22N4O6. The number of ether oxygens (including phenoxy) is 2.